The third kappa shape index (κ3) is 5.22. The minimum atomic E-state index is -0.458. The second-order valence-electron chi connectivity index (χ2n) is 9.28. The number of carbonyl (C=O) groups is 2. The van der Waals surface area contributed by atoms with E-state index < -0.39 is 11.9 Å². The van der Waals surface area contributed by atoms with Gasteiger partial charge in [0.15, 0.2) is 5.78 Å². The summed E-state index contributed by atoms with van der Waals surface area (Å²) in [5.41, 5.74) is 3.55. The Morgan fingerprint density at radius 2 is 1.76 bits per heavy atom. The minimum absolute atomic E-state index is 0.0758. The van der Waals surface area contributed by atoms with Gasteiger partial charge in [-0.15, -0.1) is 0 Å². The van der Waals surface area contributed by atoms with Crippen molar-refractivity contribution >= 4 is 27.7 Å². The van der Waals surface area contributed by atoms with Gasteiger partial charge in [-0.05, 0) is 48.6 Å². The predicted molar refractivity (Wildman–Crippen MR) is 131 cm³/mol. The first kappa shape index (κ1) is 23.3. The maximum atomic E-state index is 13.3. The highest BCUT2D eigenvalue weighted by molar-refractivity contribution is 9.10. The fraction of sp³-hybridized carbons (Fsp3) is 0.333. The monoisotopic (exact) mass is 509 g/mol. The SMILES string of the molecule is CC1=C(C(=O)OCCOc2ccccc2)[C@@H](c2ccc(Br)cc2)C2=C(CC(C)(C)CC2=O)N1. The number of dihydropyridines is 1. The molecule has 6 heteroatoms. The highest BCUT2D eigenvalue weighted by atomic mass is 79.9. The number of nitrogens with one attached hydrogen (secondary N) is 1. The fourth-order valence-corrected chi connectivity index (χ4v) is 4.85. The van der Waals surface area contributed by atoms with Crippen molar-refractivity contribution in [3.8, 4) is 5.75 Å². The molecule has 0 saturated carbocycles. The highest BCUT2D eigenvalue weighted by Crippen LogP contribution is 2.46. The van der Waals surface area contributed by atoms with Crippen molar-refractivity contribution in [2.24, 2.45) is 5.41 Å². The van der Waals surface area contributed by atoms with Crippen LogP contribution in [0.4, 0.5) is 0 Å². The van der Waals surface area contributed by atoms with Crippen molar-refractivity contribution in [2.75, 3.05) is 13.2 Å². The number of halogens is 1. The molecule has 0 unspecified atom stereocenters. The summed E-state index contributed by atoms with van der Waals surface area (Å²) in [4.78, 5) is 26.5. The van der Waals surface area contributed by atoms with E-state index in [1.165, 1.54) is 0 Å². The van der Waals surface area contributed by atoms with E-state index in [-0.39, 0.29) is 24.4 Å². The quantitative estimate of drug-likeness (QED) is 0.401. The number of rotatable bonds is 6. The molecule has 0 bridgehead atoms. The molecule has 33 heavy (non-hydrogen) atoms. The molecule has 1 aliphatic heterocycles. The second kappa shape index (κ2) is 9.56. The zero-order valence-electron chi connectivity index (χ0n) is 19.1. The Morgan fingerprint density at radius 1 is 1.06 bits per heavy atom. The van der Waals surface area contributed by atoms with Crippen molar-refractivity contribution in [2.45, 2.75) is 39.5 Å². The molecule has 172 valence electrons. The fourth-order valence-electron chi connectivity index (χ4n) is 4.58. The Morgan fingerprint density at radius 3 is 2.45 bits per heavy atom. The minimum Gasteiger partial charge on any atom is -0.490 e. The summed E-state index contributed by atoms with van der Waals surface area (Å²) in [7, 11) is 0. The number of allylic oxidation sites excluding steroid dienone is 3. The summed E-state index contributed by atoms with van der Waals surface area (Å²) in [6.07, 6.45) is 1.21. The molecule has 0 aromatic heterocycles. The number of ketones is 1. The van der Waals surface area contributed by atoms with Gasteiger partial charge in [0, 0.05) is 33.8 Å². The first-order valence-corrected chi connectivity index (χ1v) is 11.9. The molecule has 0 saturated heterocycles. The molecule has 2 aromatic carbocycles. The number of Topliss-reactive ketones (excluding diaryl/α,β-unsaturated/α-hetero) is 1. The molecule has 1 aliphatic carbocycles. The summed E-state index contributed by atoms with van der Waals surface area (Å²) in [6, 6.07) is 17.2. The Labute approximate surface area is 203 Å². The van der Waals surface area contributed by atoms with Crippen LogP contribution in [0.2, 0.25) is 0 Å². The second-order valence-corrected chi connectivity index (χ2v) is 10.2. The standard InChI is InChI=1S/C27H28BrNO4/c1-17-23(26(31)33-14-13-32-20-7-5-4-6-8-20)24(18-9-11-19(28)12-10-18)25-21(29-17)15-27(2,3)16-22(25)30/h4-12,24,29H,13-16H2,1-3H3/t24-/m1/s1. The predicted octanol–water partition coefficient (Wildman–Crippen LogP) is 5.68. The third-order valence-corrected chi connectivity index (χ3v) is 6.52. The van der Waals surface area contributed by atoms with Gasteiger partial charge < -0.3 is 14.8 Å². The molecular weight excluding hydrogens is 482 g/mol. The van der Waals surface area contributed by atoms with Gasteiger partial charge in [0.2, 0.25) is 0 Å². The Kier molecular flexibility index (Phi) is 6.75. The van der Waals surface area contributed by atoms with Crippen LogP contribution < -0.4 is 10.1 Å². The first-order valence-electron chi connectivity index (χ1n) is 11.1. The van der Waals surface area contributed by atoms with E-state index in [2.05, 4.69) is 35.1 Å². The Hall–Kier alpha value is -2.86. The van der Waals surface area contributed by atoms with Crippen LogP contribution in [0.25, 0.3) is 0 Å². The van der Waals surface area contributed by atoms with Crippen molar-refractivity contribution in [1.82, 2.24) is 5.32 Å². The van der Waals surface area contributed by atoms with Gasteiger partial charge in [-0.1, -0.05) is 60.1 Å². The normalized spacial score (nSPS) is 19.6. The van der Waals surface area contributed by atoms with Gasteiger partial charge in [-0.25, -0.2) is 4.79 Å². The van der Waals surface area contributed by atoms with E-state index in [0.29, 0.717) is 17.6 Å². The smallest absolute Gasteiger partial charge is 0.336 e. The lowest BCUT2D eigenvalue weighted by Crippen LogP contribution is -2.38. The third-order valence-electron chi connectivity index (χ3n) is 5.99. The van der Waals surface area contributed by atoms with Crippen LogP contribution in [0.3, 0.4) is 0 Å². The number of hydrogen-bond donors (Lipinski definition) is 1. The lowest BCUT2D eigenvalue weighted by atomic mass is 9.68. The summed E-state index contributed by atoms with van der Waals surface area (Å²) < 4.78 is 12.2. The van der Waals surface area contributed by atoms with Crippen LogP contribution in [0.5, 0.6) is 5.75 Å². The van der Waals surface area contributed by atoms with Gasteiger partial charge in [0.1, 0.15) is 19.0 Å². The number of carbonyl (C=O) groups excluding carboxylic acids is 2. The average molecular weight is 510 g/mol. The van der Waals surface area contributed by atoms with Gasteiger partial charge in [0.25, 0.3) is 0 Å². The molecule has 1 heterocycles. The molecule has 1 N–H and O–H groups in total. The van der Waals surface area contributed by atoms with Gasteiger partial charge in [0.05, 0.1) is 5.57 Å². The van der Waals surface area contributed by atoms with Crippen LogP contribution in [0.1, 0.15) is 45.1 Å². The molecule has 5 nitrogen and oxygen atoms in total. The number of esters is 1. The van der Waals surface area contributed by atoms with E-state index >= 15 is 0 Å². The van der Waals surface area contributed by atoms with Crippen LogP contribution in [0.15, 0.2) is 81.6 Å². The molecule has 1 atom stereocenters. The molecule has 0 fully saturated rings. The van der Waals surface area contributed by atoms with Crippen LogP contribution in [-0.2, 0) is 14.3 Å². The summed E-state index contributed by atoms with van der Waals surface area (Å²) in [5.74, 6) is -0.0950. The lowest BCUT2D eigenvalue weighted by molar-refractivity contribution is -0.140. The summed E-state index contributed by atoms with van der Waals surface area (Å²) in [6.45, 7) is 6.43. The summed E-state index contributed by atoms with van der Waals surface area (Å²) in [5, 5.41) is 3.36. The molecule has 0 radical (unpaired) electrons. The van der Waals surface area contributed by atoms with E-state index in [9.17, 15) is 9.59 Å². The van der Waals surface area contributed by atoms with E-state index in [4.69, 9.17) is 9.47 Å². The maximum absolute atomic E-state index is 13.3. The first-order chi connectivity index (χ1) is 15.7. The zero-order chi connectivity index (χ0) is 23.6. The molecule has 4 rings (SSSR count). The number of ether oxygens (including phenoxy) is 2. The Bertz CT molecular complexity index is 1120. The molecule has 2 aliphatic rings. The van der Waals surface area contributed by atoms with Crippen molar-refractivity contribution in [3.63, 3.8) is 0 Å². The van der Waals surface area contributed by atoms with Crippen LogP contribution in [0, 0.1) is 5.41 Å². The van der Waals surface area contributed by atoms with Gasteiger partial charge in [-0.3, -0.25) is 4.79 Å². The van der Waals surface area contributed by atoms with Crippen molar-refractivity contribution < 1.29 is 19.1 Å². The topological polar surface area (TPSA) is 64.6 Å². The highest BCUT2D eigenvalue weighted by Gasteiger charge is 2.43. The van der Waals surface area contributed by atoms with Crippen molar-refractivity contribution in [3.05, 3.63) is 87.2 Å². The zero-order valence-corrected chi connectivity index (χ0v) is 20.7. The molecule has 2 aromatic rings. The van der Waals surface area contributed by atoms with Crippen LogP contribution >= 0.6 is 15.9 Å². The molecule has 0 amide bonds. The largest absolute Gasteiger partial charge is 0.490 e. The molecule has 0 spiro atoms. The Balaban J connectivity index is 1.59. The van der Waals surface area contributed by atoms with Crippen molar-refractivity contribution in [1.29, 1.82) is 0 Å². The lowest BCUT2D eigenvalue weighted by Gasteiger charge is -2.39. The average Bonchev–Trinajstić information content (AvgIpc) is 2.76. The summed E-state index contributed by atoms with van der Waals surface area (Å²) >= 11 is 3.47. The number of hydrogen-bond acceptors (Lipinski definition) is 5. The maximum Gasteiger partial charge on any atom is 0.336 e. The van der Waals surface area contributed by atoms with E-state index in [1.54, 1.807) is 0 Å². The number of para-hydroxylation sites is 1. The van der Waals surface area contributed by atoms with Gasteiger partial charge >= 0.3 is 5.97 Å². The van der Waals surface area contributed by atoms with E-state index in [0.717, 1.165) is 33.6 Å². The van der Waals surface area contributed by atoms with Crippen LogP contribution in [-0.4, -0.2) is 25.0 Å². The van der Waals surface area contributed by atoms with Gasteiger partial charge in [-0.2, -0.15) is 0 Å². The molecular formula is C27H28BrNO4. The number of benzene rings is 2. The van der Waals surface area contributed by atoms with E-state index in [1.807, 2.05) is 61.5 Å².